The van der Waals surface area contributed by atoms with Gasteiger partial charge >= 0.3 is 6.09 Å². The van der Waals surface area contributed by atoms with Crippen molar-refractivity contribution < 1.29 is 37.0 Å². The summed E-state index contributed by atoms with van der Waals surface area (Å²) in [5, 5.41) is 2.48. The van der Waals surface area contributed by atoms with Crippen molar-refractivity contribution in [3.63, 3.8) is 0 Å². The first-order valence-corrected chi connectivity index (χ1v) is 11.0. The number of alkyl carbamates (subject to hydrolysis) is 1. The lowest BCUT2D eigenvalue weighted by Gasteiger charge is -2.43. The standard InChI is InChI=1S/C24H31F3N2O5/c1-6-10-32-12-13-33-11-9-29-15(2)16(20-17(25)7-8-18(26)21(20)27)14-19(22(29)30)28-23(31)34-24(3,4)5/h1,7-8,15-16,19H,9-14H2,2-5H3,(H,28,31). The van der Waals surface area contributed by atoms with E-state index in [9.17, 15) is 22.8 Å². The van der Waals surface area contributed by atoms with Crippen LogP contribution >= 0.6 is 0 Å². The number of halogens is 3. The number of nitrogens with zero attached hydrogens (tertiary/aromatic N) is 1. The smallest absolute Gasteiger partial charge is 0.408 e. The molecular formula is C24H31F3N2O5. The van der Waals surface area contributed by atoms with Crippen LogP contribution in [-0.4, -0.2) is 67.6 Å². The fourth-order valence-corrected chi connectivity index (χ4v) is 3.81. The zero-order valence-corrected chi connectivity index (χ0v) is 19.8. The third-order valence-corrected chi connectivity index (χ3v) is 5.32. The van der Waals surface area contributed by atoms with Crippen LogP contribution in [0.25, 0.3) is 0 Å². The van der Waals surface area contributed by atoms with Crippen molar-refractivity contribution in [2.24, 2.45) is 0 Å². The van der Waals surface area contributed by atoms with Crippen molar-refractivity contribution in [2.45, 2.75) is 57.7 Å². The van der Waals surface area contributed by atoms with Gasteiger partial charge in [-0.05, 0) is 46.2 Å². The minimum absolute atomic E-state index is 0.0801. The Balaban J connectivity index is 2.22. The van der Waals surface area contributed by atoms with Gasteiger partial charge in [-0.15, -0.1) is 6.42 Å². The molecule has 34 heavy (non-hydrogen) atoms. The number of piperidine rings is 1. The van der Waals surface area contributed by atoms with Crippen molar-refractivity contribution in [1.82, 2.24) is 10.2 Å². The van der Waals surface area contributed by atoms with Crippen molar-refractivity contribution in [3.8, 4) is 12.3 Å². The highest BCUT2D eigenvalue weighted by Crippen LogP contribution is 2.36. The van der Waals surface area contributed by atoms with Gasteiger partial charge in [0.1, 0.15) is 24.1 Å². The van der Waals surface area contributed by atoms with Gasteiger partial charge in [-0.1, -0.05) is 5.92 Å². The van der Waals surface area contributed by atoms with Gasteiger partial charge in [0.25, 0.3) is 0 Å². The fraction of sp³-hybridized carbons (Fsp3) is 0.583. The van der Waals surface area contributed by atoms with Crippen LogP contribution in [0.5, 0.6) is 0 Å². The lowest BCUT2D eigenvalue weighted by atomic mass is 9.81. The largest absolute Gasteiger partial charge is 0.444 e. The molecule has 1 fully saturated rings. The van der Waals surface area contributed by atoms with E-state index in [1.165, 1.54) is 4.90 Å². The number of hydrogen-bond donors (Lipinski definition) is 1. The third kappa shape index (κ3) is 7.37. The number of likely N-dealkylation sites (tertiary alicyclic amines) is 1. The molecule has 1 saturated heterocycles. The first-order chi connectivity index (χ1) is 16.0. The summed E-state index contributed by atoms with van der Waals surface area (Å²) < 4.78 is 59.0. The molecule has 2 rings (SSSR count). The Morgan fingerprint density at radius 2 is 1.82 bits per heavy atom. The molecule has 10 heteroatoms. The van der Waals surface area contributed by atoms with Crippen LogP contribution in [0.15, 0.2) is 12.1 Å². The fourth-order valence-electron chi connectivity index (χ4n) is 3.81. The van der Waals surface area contributed by atoms with Crippen LogP contribution in [0.3, 0.4) is 0 Å². The van der Waals surface area contributed by atoms with E-state index in [4.69, 9.17) is 20.6 Å². The maximum Gasteiger partial charge on any atom is 0.408 e. The Morgan fingerprint density at radius 1 is 1.18 bits per heavy atom. The molecule has 2 amide bonds. The van der Waals surface area contributed by atoms with Crippen molar-refractivity contribution in [2.75, 3.05) is 33.0 Å². The summed E-state index contributed by atoms with van der Waals surface area (Å²) in [6, 6.07) is -0.276. The van der Waals surface area contributed by atoms with Gasteiger partial charge in [0.2, 0.25) is 5.91 Å². The lowest BCUT2D eigenvalue weighted by Crippen LogP contribution is -2.59. The number of carbonyl (C=O) groups excluding carboxylic acids is 2. The Labute approximate surface area is 197 Å². The molecule has 0 bridgehead atoms. The number of hydrogen-bond acceptors (Lipinski definition) is 5. The van der Waals surface area contributed by atoms with Gasteiger partial charge in [0.05, 0.1) is 19.8 Å². The van der Waals surface area contributed by atoms with Gasteiger partial charge < -0.3 is 24.4 Å². The Bertz CT molecular complexity index is 913. The first-order valence-electron chi connectivity index (χ1n) is 11.0. The molecule has 0 aliphatic carbocycles. The minimum atomic E-state index is -1.32. The predicted molar refractivity (Wildman–Crippen MR) is 118 cm³/mol. The number of amides is 2. The molecule has 1 aliphatic heterocycles. The lowest BCUT2D eigenvalue weighted by molar-refractivity contribution is -0.140. The molecular weight excluding hydrogens is 453 g/mol. The zero-order valence-electron chi connectivity index (χ0n) is 19.8. The molecule has 0 aromatic heterocycles. The van der Waals surface area contributed by atoms with E-state index in [-0.39, 0.29) is 39.4 Å². The van der Waals surface area contributed by atoms with E-state index in [0.29, 0.717) is 6.07 Å². The van der Waals surface area contributed by atoms with Crippen LogP contribution in [0, 0.1) is 29.8 Å². The highest BCUT2D eigenvalue weighted by atomic mass is 19.2. The highest BCUT2D eigenvalue weighted by molar-refractivity contribution is 5.87. The number of ether oxygens (including phenoxy) is 3. The van der Waals surface area contributed by atoms with Crippen molar-refractivity contribution in [1.29, 1.82) is 0 Å². The average Bonchev–Trinajstić information content (AvgIpc) is 2.74. The predicted octanol–water partition coefficient (Wildman–Crippen LogP) is 3.37. The Morgan fingerprint density at radius 3 is 2.47 bits per heavy atom. The van der Waals surface area contributed by atoms with Gasteiger partial charge in [-0.2, -0.15) is 0 Å². The quantitative estimate of drug-likeness (QED) is 0.331. The van der Waals surface area contributed by atoms with E-state index in [1.807, 2.05) is 0 Å². The van der Waals surface area contributed by atoms with E-state index < -0.39 is 58.6 Å². The van der Waals surface area contributed by atoms with E-state index >= 15 is 0 Å². The number of benzene rings is 1. The average molecular weight is 485 g/mol. The molecule has 1 heterocycles. The summed E-state index contributed by atoms with van der Waals surface area (Å²) in [5.41, 5.74) is -1.28. The summed E-state index contributed by atoms with van der Waals surface area (Å²) in [6.07, 6.45) is 4.12. The Kier molecular flexibility index (Phi) is 9.77. The summed E-state index contributed by atoms with van der Waals surface area (Å²) >= 11 is 0. The Hall–Kier alpha value is -2.77. The molecule has 3 unspecified atom stereocenters. The molecule has 1 aliphatic rings. The topological polar surface area (TPSA) is 77.1 Å². The molecule has 1 aromatic rings. The normalized spacial score (nSPS) is 20.7. The summed E-state index contributed by atoms with van der Waals surface area (Å²) in [5.74, 6) is -2.50. The minimum Gasteiger partial charge on any atom is -0.444 e. The molecule has 0 spiro atoms. The van der Waals surface area contributed by atoms with Crippen LogP contribution in [-0.2, 0) is 19.0 Å². The second-order valence-electron chi connectivity index (χ2n) is 8.94. The second-order valence-corrected chi connectivity index (χ2v) is 8.94. The number of rotatable bonds is 9. The van der Waals surface area contributed by atoms with E-state index in [1.54, 1.807) is 27.7 Å². The highest BCUT2D eigenvalue weighted by Gasteiger charge is 2.43. The van der Waals surface area contributed by atoms with Crippen LogP contribution in [0.2, 0.25) is 0 Å². The van der Waals surface area contributed by atoms with Crippen molar-refractivity contribution in [3.05, 3.63) is 35.1 Å². The monoisotopic (exact) mass is 484 g/mol. The summed E-state index contributed by atoms with van der Waals surface area (Å²) in [7, 11) is 0. The number of terminal acetylenes is 1. The number of carbonyl (C=O) groups is 2. The first kappa shape index (κ1) is 27.5. The van der Waals surface area contributed by atoms with Gasteiger partial charge in [0.15, 0.2) is 11.6 Å². The summed E-state index contributed by atoms with van der Waals surface area (Å²) in [6.45, 7) is 7.43. The molecule has 188 valence electrons. The van der Waals surface area contributed by atoms with Gasteiger partial charge in [0, 0.05) is 24.1 Å². The van der Waals surface area contributed by atoms with Crippen molar-refractivity contribution >= 4 is 12.0 Å². The zero-order chi connectivity index (χ0) is 25.5. The molecule has 0 saturated carbocycles. The maximum absolute atomic E-state index is 14.6. The third-order valence-electron chi connectivity index (χ3n) is 5.32. The molecule has 0 radical (unpaired) electrons. The van der Waals surface area contributed by atoms with E-state index in [0.717, 1.165) is 6.07 Å². The molecule has 3 atom stereocenters. The molecule has 1 aromatic carbocycles. The van der Waals surface area contributed by atoms with Gasteiger partial charge in [-0.25, -0.2) is 18.0 Å². The van der Waals surface area contributed by atoms with Crippen LogP contribution in [0.1, 0.15) is 45.6 Å². The SMILES string of the molecule is C#CCOCCOCCN1C(=O)C(NC(=O)OC(C)(C)C)CC(c2c(F)ccc(F)c2F)C1C. The van der Waals surface area contributed by atoms with Gasteiger partial charge in [-0.3, -0.25) is 4.79 Å². The molecule has 1 N–H and O–H groups in total. The maximum atomic E-state index is 14.6. The molecule has 7 nitrogen and oxygen atoms in total. The number of nitrogens with one attached hydrogen (secondary N) is 1. The van der Waals surface area contributed by atoms with Crippen LogP contribution in [0.4, 0.5) is 18.0 Å². The van der Waals surface area contributed by atoms with Crippen LogP contribution < -0.4 is 5.32 Å². The van der Waals surface area contributed by atoms with E-state index in [2.05, 4.69) is 11.2 Å². The second kappa shape index (κ2) is 12.1. The summed E-state index contributed by atoms with van der Waals surface area (Å²) in [4.78, 5) is 26.8.